The first-order valence-corrected chi connectivity index (χ1v) is 17.2. The molecule has 4 rings (SSSR count). The van der Waals surface area contributed by atoms with Crippen LogP contribution >= 0.6 is 0 Å². The number of hydrogen-bond acceptors (Lipinski definition) is 8. The minimum atomic E-state index is -4.10. The van der Waals surface area contributed by atoms with Gasteiger partial charge in [-0.25, -0.2) is 12.8 Å². The molecule has 254 valence electrons. The fourth-order valence-corrected chi connectivity index (χ4v) is 6.39. The monoisotopic (exact) mass is 670 g/mol. The van der Waals surface area contributed by atoms with E-state index in [0.717, 1.165) is 37.1 Å². The van der Waals surface area contributed by atoms with Crippen LogP contribution in [0.2, 0.25) is 0 Å². The summed E-state index contributed by atoms with van der Waals surface area (Å²) in [5.41, 5.74) is 0.724. The fourth-order valence-electron chi connectivity index (χ4n) is 5.34. The fraction of sp³-hybridized carbons (Fsp3) is 0.441. The molecule has 13 heteroatoms. The summed E-state index contributed by atoms with van der Waals surface area (Å²) in [6.45, 7) is 6.10. The van der Waals surface area contributed by atoms with Gasteiger partial charge in [0.2, 0.25) is 0 Å². The van der Waals surface area contributed by atoms with Crippen LogP contribution < -0.4 is 9.46 Å². The van der Waals surface area contributed by atoms with Crippen molar-refractivity contribution in [2.75, 3.05) is 38.1 Å². The molecule has 0 fully saturated rings. The van der Waals surface area contributed by atoms with Crippen LogP contribution in [0.25, 0.3) is 0 Å². The molecular formula is C34H43FN4O7S. The molecule has 1 aromatic heterocycles. The highest BCUT2D eigenvalue weighted by molar-refractivity contribution is 7.92. The van der Waals surface area contributed by atoms with Crippen LogP contribution in [0.4, 0.5) is 10.1 Å². The van der Waals surface area contributed by atoms with Crippen LogP contribution in [0.3, 0.4) is 0 Å². The van der Waals surface area contributed by atoms with Crippen LogP contribution in [0, 0.1) is 11.7 Å². The van der Waals surface area contributed by atoms with E-state index < -0.39 is 33.9 Å². The number of halogens is 1. The maximum Gasteiger partial charge on any atom is 0.261 e. The number of fused-ring (bicyclic) bond motifs is 1. The molecule has 2 N–H and O–H groups in total. The van der Waals surface area contributed by atoms with Crippen molar-refractivity contribution in [2.45, 2.75) is 63.2 Å². The van der Waals surface area contributed by atoms with E-state index in [1.165, 1.54) is 17.0 Å². The van der Waals surface area contributed by atoms with Crippen molar-refractivity contribution in [1.29, 1.82) is 0 Å². The Morgan fingerprint density at radius 3 is 2.51 bits per heavy atom. The molecule has 2 amide bonds. The van der Waals surface area contributed by atoms with Gasteiger partial charge in [0.25, 0.3) is 21.8 Å². The number of amides is 2. The second-order valence-electron chi connectivity index (χ2n) is 12.0. The summed E-state index contributed by atoms with van der Waals surface area (Å²) in [5, 5.41) is 10.2. The van der Waals surface area contributed by atoms with Crippen LogP contribution in [-0.2, 0) is 14.8 Å². The summed E-state index contributed by atoms with van der Waals surface area (Å²) < 4.78 is 54.6. The number of nitrogens with one attached hydrogen (secondary N) is 1. The second-order valence-corrected chi connectivity index (χ2v) is 13.7. The van der Waals surface area contributed by atoms with Crippen LogP contribution in [-0.4, -0.2) is 91.7 Å². The van der Waals surface area contributed by atoms with Gasteiger partial charge < -0.3 is 24.4 Å². The van der Waals surface area contributed by atoms with Gasteiger partial charge >= 0.3 is 0 Å². The third-order valence-electron chi connectivity index (χ3n) is 8.16. The van der Waals surface area contributed by atoms with Crippen molar-refractivity contribution in [1.82, 2.24) is 14.8 Å². The predicted octanol–water partition coefficient (Wildman–Crippen LogP) is 4.59. The molecular weight excluding hydrogens is 627 g/mol. The van der Waals surface area contributed by atoms with E-state index >= 15 is 0 Å². The number of carbonyl (C=O) groups excluding carboxylic acids is 2. The number of benzene rings is 2. The van der Waals surface area contributed by atoms with E-state index in [1.54, 1.807) is 49.5 Å². The molecule has 0 aliphatic carbocycles. The van der Waals surface area contributed by atoms with Crippen molar-refractivity contribution < 1.29 is 37.0 Å². The summed E-state index contributed by atoms with van der Waals surface area (Å²) in [4.78, 5) is 34.4. The normalized spacial score (nSPS) is 20.3. The van der Waals surface area contributed by atoms with E-state index in [0.29, 0.717) is 18.6 Å². The first kappa shape index (κ1) is 35.8. The van der Waals surface area contributed by atoms with Gasteiger partial charge in [0.15, 0.2) is 0 Å². The molecule has 0 unspecified atom stereocenters. The zero-order valence-electron chi connectivity index (χ0n) is 27.1. The van der Waals surface area contributed by atoms with E-state index in [9.17, 15) is 27.5 Å². The van der Waals surface area contributed by atoms with Gasteiger partial charge in [-0.05, 0) is 87.7 Å². The molecule has 11 nitrogen and oxygen atoms in total. The lowest BCUT2D eigenvalue weighted by Crippen LogP contribution is -2.48. The summed E-state index contributed by atoms with van der Waals surface area (Å²) in [6, 6.07) is 11.6. The molecule has 47 heavy (non-hydrogen) atoms. The van der Waals surface area contributed by atoms with Gasteiger partial charge in [0.1, 0.15) is 11.6 Å². The molecule has 0 saturated heterocycles. The van der Waals surface area contributed by atoms with Gasteiger partial charge in [0, 0.05) is 56.3 Å². The SMILES string of the molecule is C[C@@H]1CCCCO[C@@H](CN(C)C(=O)c2ccncc2)[C@H](C)CN([C@@H](C)CO)C(=O)c2cc(NS(=O)(=O)c3ccc(F)cc3)ccc2O1. The molecule has 0 saturated carbocycles. The smallest absolute Gasteiger partial charge is 0.261 e. The molecule has 4 atom stereocenters. The topological polar surface area (TPSA) is 138 Å². The molecule has 0 spiro atoms. The lowest BCUT2D eigenvalue weighted by molar-refractivity contribution is -0.0149. The number of aliphatic hydroxyl groups excluding tert-OH is 1. The molecule has 3 aromatic rings. The Balaban J connectivity index is 1.66. The Bertz CT molecular complexity index is 1610. The average Bonchev–Trinajstić information content (AvgIpc) is 3.06. The van der Waals surface area contributed by atoms with Crippen LogP contribution in [0.15, 0.2) is 71.9 Å². The van der Waals surface area contributed by atoms with Crippen LogP contribution in [0.1, 0.15) is 60.7 Å². The number of hydrogen-bond donors (Lipinski definition) is 2. The van der Waals surface area contributed by atoms with Crippen LogP contribution in [0.5, 0.6) is 5.75 Å². The minimum Gasteiger partial charge on any atom is -0.490 e. The number of carbonyl (C=O) groups is 2. The van der Waals surface area contributed by atoms with Crippen molar-refractivity contribution in [3.05, 3.63) is 83.9 Å². The first-order valence-electron chi connectivity index (χ1n) is 15.7. The second kappa shape index (κ2) is 16.2. The summed E-state index contributed by atoms with van der Waals surface area (Å²) >= 11 is 0. The van der Waals surface area contributed by atoms with Crippen molar-refractivity contribution in [2.24, 2.45) is 5.92 Å². The highest BCUT2D eigenvalue weighted by Gasteiger charge is 2.31. The number of aromatic nitrogens is 1. The number of anilines is 1. The predicted molar refractivity (Wildman–Crippen MR) is 175 cm³/mol. The number of rotatable bonds is 8. The van der Waals surface area contributed by atoms with Gasteiger partial charge in [0.05, 0.1) is 35.3 Å². The third kappa shape index (κ3) is 9.49. The molecule has 2 heterocycles. The average molecular weight is 671 g/mol. The Labute approximate surface area is 275 Å². The Hall–Kier alpha value is -4.07. The summed E-state index contributed by atoms with van der Waals surface area (Å²) in [5.74, 6) is -1.22. The lowest BCUT2D eigenvalue weighted by atomic mass is 10.0. The van der Waals surface area contributed by atoms with E-state index in [1.807, 2.05) is 13.8 Å². The molecule has 1 aliphatic rings. The highest BCUT2D eigenvalue weighted by Crippen LogP contribution is 2.29. The molecule has 0 radical (unpaired) electrons. The van der Waals surface area contributed by atoms with Crippen molar-refractivity contribution in [3.8, 4) is 5.75 Å². The largest absolute Gasteiger partial charge is 0.490 e. The number of aliphatic hydroxyl groups is 1. The summed E-state index contributed by atoms with van der Waals surface area (Å²) in [7, 11) is -2.40. The Kier molecular flexibility index (Phi) is 12.3. The van der Waals surface area contributed by atoms with E-state index in [4.69, 9.17) is 9.47 Å². The van der Waals surface area contributed by atoms with E-state index in [2.05, 4.69) is 9.71 Å². The molecule has 2 aromatic carbocycles. The van der Waals surface area contributed by atoms with E-state index in [-0.39, 0.29) is 59.5 Å². The van der Waals surface area contributed by atoms with Gasteiger partial charge in [-0.15, -0.1) is 0 Å². The number of nitrogens with zero attached hydrogens (tertiary/aromatic N) is 3. The standard InChI is InChI=1S/C34H43FN4O7S/c1-23-20-39(24(2)22-40)34(42)30-19-28(37-47(43,44)29-11-8-27(35)9-12-29)10-13-31(30)46-25(3)7-5-6-18-45-32(23)21-38(4)33(41)26-14-16-36-17-15-26/h8-17,19,23-25,32,37,40H,5-7,18,20-22H2,1-4H3/t23-,24+,25-,32+/m1/s1. The van der Waals surface area contributed by atoms with Gasteiger partial charge in [-0.3, -0.25) is 19.3 Å². The van der Waals surface area contributed by atoms with Crippen molar-refractivity contribution >= 4 is 27.5 Å². The Morgan fingerprint density at radius 2 is 1.83 bits per heavy atom. The highest BCUT2D eigenvalue weighted by atomic mass is 32.2. The summed E-state index contributed by atoms with van der Waals surface area (Å²) in [6.07, 6.45) is 4.64. The molecule has 0 bridgehead atoms. The number of ether oxygens (including phenoxy) is 2. The quantitative estimate of drug-likeness (QED) is 0.355. The zero-order valence-corrected chi connectivity index (χ0v) is 28.0. The number of likely N-dealkylation sites (N-methyl/N-ethyl adjacent to an activating group) is 1. The Morgan fingerprint density at radius 1 is 1.13 bits per heavy atom. The third-order valence-corrected chi connectivity index (χ3v) is 9.55. The maximum absolute atomic E-state index is 14.3. The number of sulfonamides is 1. The number of pyridine rings is 1. The first-order chi connectivity index (χ1) is 22.4. The molecule has 1 aliphatic heterocycles. The maximum atomic E-state index is 14.3. The lowest BCUT2D eigenvalue weighted by Gasteiger charge is -2.36. The zero-order chi connectivity index (χ0) is 34.1. The van der Waals surface area contributed by atoms with Gasteiger partial charge in [-0.1, -0.05) is 6.92 Å². The van der Waals surface area contributed by atoms with Crippen molar-refractivity contribution in [3.63, 3.8) is 0 Å². The van der Waals surface area contributed by atoms with Gasteiger partial charge in [-0.2, -0.15) is 0 Å². The minimum absolute atomic E-state index is 0.112.